The Balaban J connectivity index is 2.01. The van der Waals surface area contributed by atoms with E-state index in [4.69, 9.17) is 21.3 Å². The van der Waals surface area contributed by atoms with E-state index in [1.165, 1.54) is 0 Å². The number of nitrogens with zero attached hydrogens (tertiary/aromatic N) is 2. The zero-order valence-corrected chi connectivity index (χ0v) is 17.1. The normalized spacial score (nSPS) is 12.2. The molecular weight excluding hydrogens is 374 g/mol. The molecule has 0 aliphatic heterocycles. The van der Waals surface area contributed by atoms with Crippen LogP contribution in [0.25, 0.3) is 11.0 Å². The van der Waals surface area contributed by atoms with Gasteiger partial charge in [0.1, 0.15) is 11.9 Å². The first kappa shape index (κ1) is 20.4. The fourth-order valence-corrected chi connectivity index (χ4v) is 3.65. The maximum atomic E-state index is 13.0. The summed E-state index contributed by atoms with van der Waals surface area (Å²) >= 11 is 6.16. The molecule has 1 unspecified atom stereocenters. The first-order valence-electron chi connectivity index (χ1n) is 9.61. The number of hydrogen-bond donors (Lipinski definition) is 1. The SMILES string of the molecule is CCCC(C(=O)NCCOC)n1c(Cc2cccc(Cl)c2)nc2ccccc21. The number of methoxy groups -OCH3 is 1. The lowest BCUT2D eigenvalue weighted by Crippen LogP contribution is -2.35. The lowest BCUT2D eigenvalue weighted by Gasteiger charge is -2.21. The third kappa shape index (κ3) is 4.72. The van der Waals surface area contributed by atoms with Gasteiger partial charge in [0.25, 0.3) is 0 Å². The molecule has 1 atom stereocenters. The number of fused-ring (bicyclic) bond motifs is 1. The number of imidazole rings is 1. The molecule has 3 rings (SSSR count). The van der Waals surface area contributed by atoms with E-state index in [1.807, 2.05) is 48.5 Å². The Hall–Kier alpha value is -2.37. The van der Waals surface area contributed by atoms with E-state index in [0.717, 1.165) is 35.3 Å². The zero-order chi connectivity index (χ0) is 19.9. The van der Waals surface area contributed by atoms with Crippen molar-refractivity contribution in [3.05, 3.63) is 64.9 Å². The summed E-state index contributed by atoms with van der Waals surface area (Å²) in [5, 5.41) is 3.68. The number of ether oxygens (including phenoxy) is 1. The highest BCUT2D eigenvalue weighted by molar-refractivity contribution is 6.30. The number of amides is 1. The summed E-state index contributed by atoms with van der Waals surface area (Å²) in [7, 11) is 1.63. The molecule has 1 heterocycles. The smallest absolute Gasteiger partial charge is 0.243 e. The van der Waals surface area contributed by atoms with Gasteiger partial charge in [-0.25, -0.2) is 4.98 Å². The zero-order valence-electron chi connectivity index (χ0n) is 16.3. The van der Waals surface area contributed by atoms with Crippen LogP contribution in [0.15, 0.2) is 48.5 Å². The quantitative estimate of drug-likeness (QED) is 0.543. The Labute approximate surface area is 170 Å². The summed E-state index contributed by atoms with van der Waals surface area (Å²) in [6.45, 7) is 3.07. The minimum atomic E-state index is -0.316. The second-order valence-corrected chi connectivity index (χ2v) is 7.22. The maximum Gasteiger partial charge on any atom is 0.243 e. The minimum Gasteiger partial charge on any atom is -0.383 e. The Morgan fingerprint density at radius 2 is 2.07 bits per heavy atom. The van der Waals surface area contributed by atoms with Gasteiger partial charge in [-0.2, -0.15) is 0 Å². The molecule has 0 aliphatic rings. The summed E-state index contributed by atoms with van der Waals surface area (Å²) in [6, 6.07) is 15.4. The molecule has 5 nitrogen and oxygen atoms in total. The third-order valence-electron chi connectivity index (χ3n) is 4.70. The van der Waals surface area contributed by atoms with Gasteiger partial charge in [0.15, 0.2) is 0 Å². The number of aromatic nitrogens is 2. The van der Waals surface area contributed by atoms with Crippen molar-refractivity contribution in [3.8, 4) is 0 Å². The molecule has 148 valence electrons. The highest BCUT2D eigenvalue weighted by Gasteiger charge is 2.24. The van der Waals surface area contributed by atoms with Crippen molar-refractivity contribution < 1.29 is 9.53 Å². The number of para-hydroxylation sites is 2. The monoisotopic (exact) mass is 399 g/mol. The van der Waals surface area contributed by atoms with Crippen LogP contribution in [0.1, 0.15) is 37.2 Å². The van der Waals surface area contributed by atoms with Gasteiger partial charge < -0.3 is 14.6 Å². The predicted octanol–water partition coefficient (Wildman–Crippen LogP) is 4.38. The number of nitrogens with one attached hydrogen (secondary N) is 1. The molecule has 3 aromatic rings. The van der Waals surface area contributed by atoms with Gasteiger partial charge in [-0.05, 0) is 36.2 Å². The van der Waals surface area contributed by atoms with Crippen molar-refractivity contribution in [3.63, 3.8) is 0 Å². The maximum absolute atomic E-state index is 13.0. The fourth-order valence-electron chi connectivity index (χ4n) is 3.44. The van der Waals surface area contributed by atoms with Crippen LogP contribution in [-0.4, -0.2) is 35.7 Å². The van der Waals surface area contributed by atoms with Crippen molar-refractivity contribution in [2.24, 2.45) is 0 Å². The van der Waals surface area contributed by atoms with Crippen LogP contribution >= 0.6 is 11.6 Å². The molecule has 28 heavy (non-hydrogen) atoms. The summed E-state index contributed by atoms with van der Waals surface area (Å²) in [5.74, 6) is 0.859. The van der Waals surface area contributed by atoms with Crippen LogP contribution < -0.4 is 5.32 Å². The average molecular weight is 400 g/mol. The Morgan fingerprint density at radius 1 is 1.25 bits per heavy atom. The van der Waals surface area contributed by atoms with Crippen molar-refractivity contribution in [1.29, 1.82) is 0 Å². The van der Waals surface area contributed by atoms with Crippen molar-refractivity contribution in [2.75, 3.05) is 20.3 Å². The molecular formula is C22H26ClN3O2. The van der Waals surface area contributed by atoms with Crippen LogP contribution in [0.3, 0.4) is 0 Å². The average Bonchev–Trinajstić information content (AvgIpc) is 3.04. The van der Waals surface area contributed by atoms with Crippen molar-refractivity contribution in [1.82, 2.24) is 14.9 Å². The molecule has 0 bridgehead atoms. The molecule has 1 aromatic heterocycles. The van der Waals surface area contributed by atoms with Crippen LogP contribution in [0, 0.1) is 0 Å². The number of benzene rings is 2. The summed E-state index contributed by atoms with van der Waals surface area (Å²) in [5.41, 5.74) is 2.93. The van der Waals surface area contributed by atoms with Gasteiger partial charge in [0.2, 0.25) is 5.91 Å². The molecule has 0 aliphatic carbocycles. The first-order chi connectivity index (χ1) is 13.6. The molecule has 0 fully saturated rings. The Morgan fingerprint density at radius 3 is 2.82 bits per heavy atom. The second-order valence-electron chi connectivity index (χ2n) is 6.78. The van der Waals surface area contributed by atoms with Gasteiger partial charge in [-0.1, -0.05) is 49.2 Å². The third-order valence-corrected chi connectivity index (χ3v) is 4.94. The van der Waals surface area contributed by atoms with Crippen molar-refractivity contribution >= 4 is 28.5 Å². The highest BCUT2D eigenvalue weighted by Crippen LogP contribution is 2.26. The largest absolute Gasteiger partial charge is 0.383 e. The van der Waals surface area contributed by atoms with E-state index in [0.29, 0.717) is 24.6 Å². The number of rotatable bonds is 9. The van der Waals surface area contributed by atoms with Crippen LogP contribution in [0.4, 0.5) is 0 Å². The molecule has 0 saturated carbocycles. The lowest BCUT2D eigenvalue weighted by atomic mass is 10.1. The lowest BCUT2D eigenvalue weighted by molar-refractivity contribution is -0.124. The molecule has 6 heteroatoms. The van der Waals surface area contributed by atoms with Gasteiger partial charge >= 0.3 is 0 Å². The standard InChI is InChI=1S/C22H26ClN3O2/c1-3-7-20(22(27)24-12-13-28-2)26-19-11-5-4-10-18(19)25-21(26)15-16-8-6-9-17(23)14-16/h4-6,8-11,14,20H,3,7,12-13,15H2,1-2H3,(H,24,27). The van der Waals surface area contributed by atoms with Gasteiger partial charge in [-0.3, -0.25) is 4.79 Å². The van der Waals surface area contributed by atoms with Gasteiger partial charge in [0.05, 0.1) is 17.6 Å². The second kappa shape index (κ2) is 9.71. The number of carbonyl (C=O) groups is 1. The van der Waals surface area contributed by atoms with E-state index >= 15 is 0 Å². The first-order valence-corrected chi connectivity index (χ1v) is 9.98. The van der Waals surface area contributed by atoms with Gasteiger partial charge in [-0.15, -0.1) is 0 Å². The van der Waals surface area contributed by atoms with E-state index in [1.54, 1.807) is 7.11 Å². The number of halogens is 1. The van der Waals surface area contributed by atoms with E-state index < -0.39 is 0 Å². The fraction of sp³-hybridized carbons (Fsp3) is 0.364. The van der Waals surface area contributed by atoms with Crippen molar-refractivity contribution in [2.45, 2.75) is 32.2 Å². The topological polar surface area (TPSA) is 56.1 Å². The van der Waals surface area contributed by atoms with E-state index in [9.17, 15) is 4.79 Å². The molecule has 0 saturated heterocycles. The summed E-state index contributed by atoms with van der Waals surface area (Å²) in [4.78, 5) is 17.8. The summed E-state index contributed by atoms with van der Waals surface area (Å²) in [6.07, 6.45) is 2.24. The van der Waals surface area contributed by atoms with Crippen LogP contribution in [-0.2, 0) is 16.0 Å². The molecule has 2 aromatic carbocycles. The summed E-state index contributed by atoms with van der Waals surface area (Å²) < 4.78 is 7.15. The molecule has 0 radical (unpaired) electrons. The highest BCUT2D eigenvalue weighted by atomic mass is 35.5. The Kier molecular flexibility index (Phi) is 7.06. The predicted molar refractivity (Wildman–Crippen MR) is 113 cm³/mol. The Bertz CT molecular complexity index is 938. The van der Waals surface area contributed by atoms with E-state index in [-0.39, 0.29) is 11.9 Å². The molecule has 1 N–H and O–H groups in total. The molecule has 0 spiro atoms. The van der Waals surface area contributed by atoms with Crippen LogP contribution in [0.5, 0.6) is 0 Å². The number of hydrogen-bond acceptors (Lipinski definition) is 3. The van der Waals surface area contributed by atoms with Crippen LogP contribution in [0.2, 0.25) is 5.02 Å². The van der Waals surface area contributed by atoms with E-state index in [2.05, 4.69) is 16.8 Å². The van der Waals surface area contributed by atoms with Gasteiger partial charge in [0, 0.05) is 25.1 Å². The number of carbonyl (C=O) groups excluding carboxylic acids is 1. The molecule has 1 amide bonds. The minimum absolute atomic E-state index is 0.00519.